The van der Waals surface area contributed by atoms with Crippen molar-refractivity contribution in [2.24, 2.45) is 0 Å². The van der Waals surface area contributed by atoms with E-state index in [1.807, 2.05) is 31.2 Å². The third-order valence-corrected chi connectivity index (χ3v) is 7.57. The van der Waals surface area contributed by atoms with Gasteiger partial charge in [0.05, 0.1) is 23.1 Å². The van der Waals surface area contributed by atoms with Crippen LogP contribution in [-0.2, 0) is 21.5 Å². The lowest BCUT2D eigenvalue weighted by molar-refractivity contribution is -0.123. The minimum atomic E-state index is -4.16. The number of hydrogen-bond acceptors (Lipinski definition) is 7. The van der Waals surface area contributed by atoms with E-state index >= 15 is 0 Å². The van der Waals surface area contributed by atoms with Crippen molar-refractivity contribution in [3.63, 3.8) is 0 Å². The van der Waals surface area contributed by atoms with E-state index in [-0.39, 0.29) is 44.7 Å². The molecule has 3 aromatic carbocycles. The van der Waals surface area contributed by atoms with Crippen LogP contribution in [0.25, 0.3) is 6.08 Å². The highest BCUT2D eigenvalue weighted by molar-refractivity contribution is 8.18. The van der Waals surface area contributed by atoms with E-state index in [9.17, 15) is 18.0 Å². The van der Waals surface area contributed by atoms with Crippen LogP contribution in [0.3, 0.4) is 0 Å². The van der Waals surface area contributed by atoms with Gasteiger partial charge in [-0.25, -0.2) is 0 Å². The molecule has 0 N–H and O–H groups in total. The van der Waals surface area contributed by atoms with Crippen LogP contribution in [0.1, 0.15) is 23.6 Å². The molecule has 0 bridgehead atoms. The van der Waals surface area contributed by atoms with E-state index in [1.165, 1.54) is 35.2 Å². The largest absolute Gasteiger partial charge is 0.490 e. The maximum absolute atomic E-state index is 13.0. The number of aryl methyl sites for hydroxylation is 1. The first-order chi connectivity index (χ1) is 17.2. The summed E-state index contributed by atoms with van der Waals surface area (Å²) < 4.78 is 36.4. The summed E-state index contributed by atoms with van der Waals surface area (Å²) in [6.07, 6.45) is 1.52. The zero-order valence-corrected chi connectivity index (χ0v) is 21.8. The Bertz CT molecular complexity index is 1450. The van der Waals surface area contributed by atoms with Gasteiger partial charge < -0.3 is 8.92 Å². The molecule has 7 nitrogen and oxygen atoms in total. The van der Waals surface area contributed by atoms with Gasteiger partial charge in [0.15, 0.2) is 5.75 Å². The molecule has 1 aliphatic heterocycles. The molecule has 1 aliphatic rings. The molecule has 10 heteroatoms. The Labute approximate surface area is 218 Å². The number of carbonyl (C=O) groups excluding carboxylic acids is 2. The normalized spacial score (nSPS) is 15.0. The number of nitrogens with zero attached hydrogens (tertiary/aromatic N) is 1. The van der Waals surface area contributed by atoms with Gasteiger partial charge in [0.1, 0.15) is 4.90 Å². The summed E-state index contributed by atoms with van der Waals surface area (Å²) in [6, 6.07) is 18.2. The van der Waals surface area contributed by atoms with E-state index in [1.54, 1.807) is 25.1 Å². The minimum Gasteiger partial charge on any atom is -0.490 e. The zero-order chi connectivity index (χ0) is 25.9. The molecule has 2 amide bonds. The maximum atomic E-state index is 13.0. The summed E-state index contributed by atoms with van der Waals surface area (Å²) in [5.41, 5.74) is 2.33. The SMILES string of the molecule is CCOc1cc(/C=C2\SC(=O)N(Cc3cccc(C)c3)C2=O)cc(Cl)c1OS(=O)(=O)c1ccccc1. The molecule has 0 spiro atoms. The lowest BCUT2D eigenvalue weighted by atomic mass is 10.1. The molecule has 0 aromatic heterocycles. The topological polar surface area (TPSA) is 90.0 Å². The number of carbonyl (C=O) groups is 2. The fourth-order valence-corrected chi connectivity index (χ4v) is 5.66. The van der Waals surface area contributed by atoms with Gasteiger partial charge in [-0.05, 0) is 67.1 Å². The average molecular weight is 544 g/mol. The summed E-state index contributed by atoms with van der Waals surface area (Å²) in [7, 11) is -4.16. The van der Waals surface area contributed by atoms with Gasteiger partial charge in [-0.2, -0.15) is 8.42 Å². The molecule has 0 atom stereocenters. The van der Waals surface area contributed by atoms with Gasteiger partial charge in [0.25, 0.3) is 11.1 Å². The second-order valence-corrected chi connectivity index (χ2v) is 10.8. The van der Waals surface area contributed by atoms with Gasteiger partial charge >= 0.3 is 10.1 Å². The Morgan fingerprint density at radius 1 is 1.03 bits per heavy atom. The molecule has 186 valence electrons. The van der Waals surface area contributed by atoms with Crippen LogP contribution in [-0.4, -0.2) is 31.1 Å². The number of ether oxygens (including phenoxy) is 1. The number of rotatable bonds is 8. The van der Waals surface area contributed by atoms with Crippen molar-refractivity contribution in [3.8, 4) is 11.5 Å². The van der Waals surface area contributed by atoms with Crippen LogP contribution in [0.2, 0.25) is 5.02 Å². The van der Waals surface area contributed by atoms with E-state index in [4.69, 9.17) is 20.5 Å². The molecule has 1 fully saturated rings. The van der Waals surface area contributed by atoms with Crippen LogP contribution in [0.5, 0.6) is 11.5 Å². The first-order valence-corrected chi connectivity index (χ1v) is 13.5. The highest BCUT2D eigenvalue weighted by atomic mass is 35.5. The molecule has 1 heterocycles. The molecular weight excluding hydrogens is 522 g/mol. The van der Waals surface area contributed by atoms with E-state index in [0.29, 0.717) is 5.56 Å². The molecule has 36 heavy (non-hydrogen) atoms. The molecule has 0 unspecified atom stereocenters. The number of hydrogen-bond donors (Lipinski definition) is 0. The molecule has 0 aliphatic carbocycles. The highest BCUT2D eigenvalue weighted by Crippen LogP contribution is 2.40. The fourth-order valence-electron chi connectivity index (χ4n) is 3.54. The van der Waals surface area contributed by atoms with Crippen molar-refractivity contribution in [2.75, 3.05) is 6.61 Å². The summed E-state index contributed by atoms with van der Waals surface area (Å²) in [5.74, 6) is -0.491. The van der Waals surface area contributed by atoms with Gasteiger partial charge in [-0.1, -0.05) is 59.6 Å². The van der Waals surface area contributed by atoms with Crippen molar-refractivity contribution in [1.82, 2.24) is 4.90 Å². The van der Waals surface area contributed by atoms with Crippen LogP contribution in [0.15, 0.2) is 76.5 Å². The molecule has 0 radical (unpaired) electrons. The Kier molecular flexibility index (Phi) is 7.73. The second-order valence-electron chi connectivity index (χ2n) is 7.87. The number of amides is 2. The van der Waals surface area contributed by atoms with E-state index < -0.39 is 16.0 Å². The highest BCUT2D eigenvalue weighted by Gasteiger charge is 2.35. The number of halogens is 1. The van der Waals surface area contributed by atoms with Crippen LogP contribution < -0.4 is 8.92 Å². The number of benzene rings is 3. The Morgan fingerprint density at radius 3 is 2.47 bits per heavy atom. The molecular formula is C26H22ClNO6S2. The fraction of sp³-hybridized carbons (Fsp3) is 0.154. The van der Waals surface area contributed by atoms with Crippen molar-refractivity contribution >= 4 is 50.7 Å². The number of imide groups is 1. The quantitative estimate of drug-likeness (QED) is 0.252. The Balaban J connectivity index is 1.62. The standard InChI is InChI=1S/C26H22ClNO6S2/c1-3-33-22-14-19(13-21(27)24(22)34-36(31,32)20-10-5-4-6-11-20)15-23-25(29)28(26(30)35-23)16-18-9-7-8-17(2)12-18/h4-15H,3,16H2,1-2H3/b23-15-. The van der Waals surface area contributed by atoms with Crippen LogP contribution >= 0.6 is 23.4 Å². The monoisotopic (exact) mass is 543 g/mol. The van der Waals surface area contributed by atoms with Crippen molar-refractivity contribution in [1.29, 1.82) is 0 Å². The predicted octanol–water partition coefficient (Wildman–Crippen LogP) is 6.05. The van der Waals surface area contributed by atoms with Crippen LogP contribution in [0, 0.1) is 6.92 Å². The van der Waals surface area contributed by atoms with Crippen molar-refractivity contribution in [3.05, 3.63) is 93.3 Å². The summed E-state index contributed by atoms with van der Waals surface area (Å²) >= 11 is 7.22. The Hall–Kier alpha value is -3.27. The van der Waals surface area contributed by atoms with Gasteiger partial charge in [0, 0.05) is 0 Å². The summed E-state index contributed by atoms with van der Waals surface area (Å²) in [5, 5.41) is -0.400. The number of thioether (sulfide) groups is 1. The third kappa shape index (κ3) is 5.75. The predicted molar refractivity (Wildman–Crippen MR) is 140 cm³/mol. The first kappa shape index (κ1) is 25.8. The minimum absolute atomic E-state index is 0.0225. The average Bonchev–Trinajstić information content (AvgIpc) is 3.09. The molecule has 1 saturated heterocycles. The molecule has 0 saturated carbocycles. The van der Waals surface area contributed by atoms with Gasteiger partial charge in [0.2, 0.25) is 5.75 Å². The van der Waals surface area contributed by atoms with E-state index in [2.05, 4.69) is 0 Å². The van der Waals surface area contributed by atoms with Crippen LogP contribution in [0.4, 0.5) is 4.79 Å². The smallest absolute Gasteiger partial charge is 0.339 e. The maximum Gasteiger partial charge on any atom is 0.339 e. The lowest BCUT2D eigenvalue weighted by Gasteiger charge is -2.14. The summed E-state index contributed by atoms with van der Waals surface area (Å²) in [6.45, 7) is 4.05. The van der Waals surface area contributed by atoms with Crippen molar-refractivity contribution < 1.29 is 26.9 Å². The Morgan fingerprint density at radius 2 is 1.78 bits per heavy atom. The summed E-state index contributed by atoms with van der Waals surface area (Å²) in [4.78, 5) is 26.9. The molecule has 4 rings (SSSR count). The van der Waals surface area contributed by atoms with Crippen molar-refractivity contribution in [2.45, 2.75) is 25.3 Å². The second kappa shape index (κ2) is 10.8. The molecule has 3 aromatic rings. The third-order valence-electron chi connectivity index (χ3n) is 5.15. The van der Waals surface area contributed by atoms with Gasteiger partial charge in [-0.15, -0.1) is 0 Å². The van der Waals surface area contributed by atoms with E-state index in [0.717, 1.165) is 22.9 Å². The first-order valence-electron chi connectivity index (χ1n) is 10.9. The van der Waals surface area contributed by atoms with Gasteiger partial charge in [-0.3, -0.25) is 14.5 Å². The zero-order valence-electron chi connectivity index (χ0n) is 19.4. The lowest BCUT2D eigenvalue weighted by Crippen LogP contribution is -2.27.